The van der Waals surface area contributed by atoms with Gasteiger partial charge in [0.1, 0.15) is 0 Å². The van der Waals surface area contributed by atoms with E-state index in [1.165, 1.54) is 23.5 Å². The third-order valence-corrected chi connectivity index (χ3v) is 5.85. The smallest absolute Gasteiger partial charge is 0.203 e. The first kappa shape index (κ1) is 14.4. The number of sulfone groups is 1. The molecular weight excluding hydrogens is 348 g/mol. The number of carbonyl (C=O) groups is 1. The summed E-state index contributed by atoms with van der Waals surface area (Å²) in [5.41, 5.74) is 0.386. The van der Waals surface area contributed by atoms with Gasteiger partial charge in [0.2, 0.25) is 5.78 Å². The van der Waals surface area contributed by atoms with Crippen LogP contribution in [0.4, 0.5) is 0 Å². The molecule has 0 atom stereocenters. The molecule has 100 valence electrons. The van der Waals surface area contributed by atoms with Gasteiger partial charge in [0, 0.05) is 21.2 Å². The highest BCUT2D eigenvalue weighted by molar-refractivity contribution is 9.10. The van der Waals surface area contributed by atoms with Crippen LogP contribution in [0.5, 0.6) is 0 Å². The third kappa shape index (κ3) is 3.13. The zero-order valence-electron chi connectivity index (χ0n) is 10.3. The van der Waals surface area contributed by atoms with Crippen LogP contribution in [0.25, 0.3) is 0 Å². The average molecular weight is 359 g/mol. The van der Waals surface area contributed by atoms with Crippen molar-refractivity contribution < 1.29 is 13.2 Å². The molecule has 0 spiro atoms. The van der Waals surface area contributed by atoms with Gasteiger partial charge in [-0.3, -0.25) is 4.79 Å². The summed E-state index contributed by atoms with van der Waals surface area (Å²) in [6.45, 7) is 1.92. The largest absolute Gasteiger partial charge is 0.288 e. The Balaban J connectivity index is 2.45. The number of thiophene rings is 1. The molecule has 19 heavy (non-hydrogen) atoms. The number of benzene rings is 1. The molecule has 0 unspecified atom stereocenters. The van der Waals surface area contributed by atoms with Crippen LogP contribution in [-0.2, 0) is 9.84 Å². The molecule has 0 bridgehead atoms. The average Bonchev–Trinajstić information content (AvgIpc) is 2.68. The van der Waals surface area contributed by atoms with Gasteiger partial charge in [0.25, 0.3) is 0 Å². The molecule has 2 aromatic rings. The summed E-state index contributed by atoms with van der Waals surface area (Å²) in [4.78, 5) is 14.1. The van der Waals surface area contributed by atoms with Crippen molar-refractivity contribution in [2.45, 2.75) is 11.8 Å². The zero-order valence-corrected chi connectivity index (χ0v) is 13.5. The van der Waals surface area contributed by atoms with E-state index in [4.69, 9.17) is 0 Å². The highest BCUT2D eigenvalue weighted by Gasteiger charge is 2.16. The Morgan fingerprint density at radius 2 is 1.95 bits per heavy atom. The molecular formula is C13H11BrO3S2. The number of halogens is 1. The first-order valence-electron chi connectivity index (χ1n) is 5.40. The van der Waals surface area contributed by atoms with Gasteiger partial charge in [-0.2, -0.15) is 0 Å². The molecule has 0 saturated carbocycles. The number of rotatable bonds is 3. The quantitative estimate of drug-likeness (QED) is 0.789. The van der Waals surface area contributed by atoms with Gasteiger partial charge in [-0.25, -0.2) is 8.42 Å². The van der Waals surface area contributed by atoms with Crippen molar-refractivity contribution in [2.24, 2.45) is 0 Å². The number of hydrogen-bond donors (Lipinski definition) is 0. The minimum atomic E-state index is -3.30. The van der Waals surface area contributed by atoms with Gasteiger partial charge >= 0.3 is 0 Å². The predicted molar refractivity (Wildman–Crippen MR) is 79.7 cm³/mol. The highest BCUT2D eigenvalue weighted by atomic mass is 79.9. The molecule has 1 aromatic heterocycles. The predicted octanol–water partition coefficient (Wildman–Crippen LogP) is 3.45. The van der Waals surface area contributed by atoms with Crippen LogP contribution in [0.15, 0.2) is 39.7 Å². The topological polar surface area (TPSA) is 51.2 Å². The van der Waals surface area contributed by atoms with Crippen LogP contribution in [0, 0.1) is 6.92 Å². The van der Waals surface area contributed by atoms with E-state index < -0.39 is 9.84 Å². The fourth-order valence-corrected chi connectivity index (χ4v) is 3.75. The van der Waals surface area contributed by atoms with Gasteiger partial charge in [0.05, 0.1) is 9.77 Å². The lowest BCUT2D eigenvalue weighted by atomic mass is 10.1. The monoisotopic (exact) mass is 358 g/mol. The lowest BCUT2D eigenvalue weighted by Crippen LogP contribution is -2.02. The van der Waals surface area contributed by atoms with E-state index >= 15 is 0 Å². The van der Waals surface area contributed by atoms with E-state index in [9.17, 15) is 13.2 Å². The Hall–Kier alpha value is -0.980. The molecule has 0 radical (unpaired) electrons. The van der Waals surface area contributed by atoms with Crippen molar-refractivity contribution in [3.8, 4) is 0 Å². The summed E-state index contributed by atoms with van der Waals surface area (Å²) in [5.74, 6) is -0.163. The van der Waals surface area contributed by atoms with Crippen molar-refractivity contribution in [2.75, 3.05) is 6.26 Å². The fraction of sp³-hybridized carbons (Fsp3) is 0.154. The molecule has 6 heteroatoms. The van der Waals surface area contributed by atoms with Crippen molar-refractivity contribution in [3.05, 3.63) is 50.1 Å². The molecule has 2 rings (SSSR count). The normalized spacial score (nSPS) is 11.5. The molecule has 0 saturated heterocycles. The van der Waals surface area contributed by atoms with Gasteiger partial charge in [-0.1, -0.05) is 12.1 Å². The molecule has 3 nitrogen and oxygen atoms in total. The molecule has 0 aliphatic heterocycles. The first-order valence-corrected chi connectivity index (χ1v) is 8.90. The van der Waals surface area contributed by atoms with E-state index in [0.29, 0.717) is 10.4 Å². The summed E-state index contributed by atoms with van der Waals surface area (Å²) in [7, 11) is -3.30. The summed E-state index contributed by atoms with van der Waals surface area (Å²) in [5, 5.41) is 0. The molecule has 0 amide bonds. The molecule has 1 heterocycles. The second-order valence-electron chi connectivity index (χ2n) is 4.14. The van der Waals surface area contributed by atoms with Gasteiger partial charge in [-0.05, 0) is 41.1 Å². The van der Waals surface area contributed by atoms with Gasteiger partial charge in [-0.15, -0.1) is 11.3 Å². The van der Waals surface area contributed by atoms with Crippen molar-refractivity contribution in [3.63, 3.8) is 0 Å². The Morgan fingerprint density at radius 1 is 1.26 bits per heavy atom. The summed E-state index contributed by atoms with van der Waals surface area (Å²) in [6.07, 6.45) is 1.13. The van der Waals surface area contributed by atoms with Crippen LogP contribution >= 0.6 is 27.3 Å². The summed E-state index contributed by atoms with van der Waals surface area (Å²) < 4.78 is 23.9. The lowest BCUT2D eigenvalue weighted by molar-refractivity contribution is 0.104. The second kappa shape index (κ2) is 5.19. The molecule has 0 fully saturated rings. The van der Waals surface area contributed by atoms with E-state index in [0.717, 1.165) is 15.6 Å². The molecule has 1 aromatic carbocycles. The zero-order chi connectivity index (χ0) is 14.2. The van der Waals surface area contributed by atoms with E-state index in [1.54, 1.807) is 18.2 Å². The summed E-state index contributed by atoms with van der Waals surface area (Å²) in [6, 6.07) is 7.87. The number of carbonyl (C=O) groups excluding carboxylic acids is 1. The SMILES string of the molecule is Cc1sc(C(=O)c2cccc(S(C)(=O)=O)c2)cc1Br. The van der Waals surface area contributed by atoms with Gasteiger partial charge < -0.3 is 0 Å². The minimum absolute atomic E-state index is 0.158. The number of aryl methyl sites for hydroxylation is 1. The summed E-state index contributed by atoms with van der Waals surface area (Å²) >= 11 is 4.75. The highest BCUT2D eigenvalue weighted by Crippen LogP contribution is 2.28. The van der Waals surface area contributed by atoms with Crippen LogP contribution in [0.3, 0.4) is 0 Å². The van der Waals surface area contributed by atoms with E-state index in [1.807, 2.05) is 6.92 Å². The number of hydrogen-bond acceptors (Lipinski definition) is 4. The van der Waals surface area contributed by atoms with Crippen LogP contribution in [0.1, 0.15) is 20.1 Å². The standard InChI is InChI=1S/C13H11BrO3S2/c1-8-11(14)7-12(18-8)13(15)9-4-3-5-10(6-9)19(2,16)17/h3-7H,1-2H3. The Labute approximate surface area is 124 Å². The molecule has 0 N–H and O–H groups in total. The van der Waals surface area contributed by atoms with E-state index in [-0.39, 0.29) is 10.7 Å². The Morgan fingerprint density at radius 3 is 2.47 bits per heavy atom. The Bertz CT molecular complexity index is 725. The van der Waals surface area contributed by atoms with Crippen molar-refractivity contribution in [1.82, 2.24) is 0 Å². The van der Waals surface area contributed by atoms with Crippen LogP contribution in [0.2, 0.25) is 0 Å². The number of ketones is 1. The maximum absolute atomic E-state index is 12.3. The van der Waals surface area contributed by atoms with Crippen LogP contribution in [-0.4, -0.2) is 20.5 Å². The maximum atomic E-state index is 12.3. The second-order valence-corrected chi connectivity index (χ2v) is 8.27. The lowest BCUT2D eigenvalue weighted by Gasteiger charge is -2.01. The van der Waals surface area contributed by atoms with Crippen LogP contribution < -0.4 is 0 Å². The maximum Gasteiger partial charge on any atom is 0.203 e. The minimum Gasteiger partial charge on any atom is -0.288 e. The Kier molecular flexibility index (Phi) is 3.94. The first-order chi connectivity index (χ1) is 8.79. The fourth-order valence-electron chi connectivity index (χ4n) is 1.58. The molecule has 0 aliphatic rings. The molecule has 0 aliphatic carbocycles. The van der Waals surface area contributed by atoms with Crippen molar-refractivity contribution >= 4 is 42.9 Å². The van der Waals surface area contributed by atoms with Crippen molar-refractivity contribution in [1.29, 1.82) is 0 Å². The van der Waals surface area contributed by atoms with E-state index in [2.05, 4.69) is 15.9 Å². The third-order valence-electron chi connectivity index (χ3n) is 2.61. The van der Waals surface area contributed by atoms with Gasteiger partial charge in [0.15, 0.2) is 9.84 Å².